The number of hydrogen-bond acceptors (Lipinski definition) is 2. The van der Waals surface area contributed by atoms with E-state index in [1.54, 1.807) is 6.07 Å². The van der Waals surface area contributed by atoms with Gasteiger partial charge in [-0.15, -0.1) is 0 Å². The minimum absolute atomic E-state index is 0.0246. The number of amides is 1. The van der Waals surface area contributed by atoms with Crippen molar-refractivity contribution >= 4 is 5.91 Å². The number of benzene rings is 1. The van der Waals surface area contributed by atoms with Crippen LogP contribution in [0.2, 0.25) is 0 Å². The Balaban J connectivity index is 1.82. The third-order valence-electron chi connectivity index (χ3n) is 4.05. The fourth-order valence-corrected chi connectivity index (χ4v) is 2.76. The highest BCUT2D eigenvalue weighted by Crippen LogP contribution is 2.21. The van der Waals surface area contributed by atoms with Gasteiger partial charge in [0.1, 0.15) is 5.82 Å². The van der Waals surface area contributed by atoms with E-state index in [4.69, 9.17) is 5.73 Å². The smallest absolute Gasteiger partial charge is 0.220 e. The summed E-state index contributed by atoms with van der Waals surface area (Å²) in [6.45, 7) is 1.95. The van der Waals surface area contributed by atoms with Crippen molar-refractivity contribution in [3.05, 3.63) is 35.6 Å². The van der Waals surface area contributed by atoms with Crippen LogP contribution in [0.1, 0.15) is 50.5 Å². The number of carbonyl (C=O) groups is 1. The first-order valence-corrected chi connectivity index (χ1v) is 7.35. The van der Waals surface area contributed by atoms with Crippen molar-refractivity contribution in [1.29, 1.82) is 0 Å². The standard InChI is InChI=1S/C16H23FN2O/c1-11(12-3-2-4-13(17)10-12)9-16(20)19-15-7-5-14(18)6-8-15/h2-4,10-11,14-15H,5-9,18H2,1H3,(H,19,20). The molecule has 1 amide bonds. The van der Waals surface area contributed by atoms with Crippen molar-refractivity contribution < 1.29 is 9.18 Å². The number of carbonyl (C=O) groups excluding carboxylic acids is 1. The van der Waals surface area contributed by atoms with E-state index in [2.05, 4.69) is 5.32 Å². The van der Waals surface area contributed by atoms with Crippen molar-refractivity contribution in [2.24, 2.45) is 5.73 Å². The summed E-state index contributed by atoms with van der Waals surface area (Å²) < 4.78 is 13.2. The van der Waals surface area contributed by atoms with Gasteiger partial charge in [-0.3, -0.25) is 4.79 Å². The molecule has 0 heterocycles. The van der Waals surface area contributed by atoms with E-state index in [-0.39, 0.29) is 29.7 Å². The zero-order valence-electron chi connectivity index (χ0n) is 11.9. The second-order valence-electron chi connectivity index (χ2n) is 5.84. The van der Waals surface area contributed by atoms with E-state index in [0.29, 0.717) is 6.42 Å². The summed E-state index contributed by atoms with van der Waals surface area (Å²) in [5.74, 6) is -0.185. The highest BCUT2D eigenvalue weighted by Gasteiger charge is 2.21. The summed E-state index contributed by atoms with van der Waals surface area (Å²) in [6.07, 6.45) is 4.27. The molecule has 1 saturated carbocycles. The normalized spacial score (nSPS) is 24.1. The first-order chi connectivity index (χ1) is 9.54. The van der Waals surface area contributed by atoms with E-state index >= 15 is 0 Å². The molecule has 0 spiro atoms. The summed E-state index contributed by atoms with van der Waals surface area (Å²) in [5.41, 5.74) is 6.72. The van der Waals surface area contributed by atoms with Crippen LogP contribution >= 0.6 is 0 Å². The molecule has 0 saturated heterocycles. The first-order valence-electron chi connectivity index (χ1n) is 7.35. The lowest BCUT2D eigenvalue weighted by molar-refractivity contribution is -0.122. The molecule has 1 aliphatic rings. The second-order valence-corrected chi connectivity index (χ2v) is 5.84. The van der Waals surface area contributed by atoms with Crippen molar-refractivity contribution in [3.63, 3.8) is 0 Å². The Morgan fingerprint density at radius 2 is 2.10 bits per heavy atom. The van der Waals surface area contributed by atoms with Crippen LogP contribution in [0, 0.1) is 5.82 Å². The highest BCUT2D eigenvalue weighted by molar-refractivity contribution is 5.77. The highest BCUT2D eigenvalue weighted by atomic mass is 19.1. The molecule has 1 aromatic rings. The average Bonchev–Trinajstić information content (AvgIpc) is 2.41. The zero-order chi connectivity index (χ0) is 14.5. The Kier molecular flexibility index (Phi) is 5.12. The molecule has 0 radical (unpaired) electrons. The molecule has 1 fully saturated rings. The molecule has 1 aliphatic carbocycles. The van der Waals surface area contributed by atoms with Crippen LogP contribution in [0.3, 0.4) is 0 Å². The molecule has 1 unspecified atom stereocenters. The van der Waals surface area contributed by atoms with E-state index < -0.39 is 0 Å². The maximum Gasteiger partial charge on any atom is 0.220 e. The van der Waals surface area contributed by atoms with Gasteiger partial charge in [0.25, 0.3) is 0 Å². The molecular weight excluding hydrogens is 255 g/mol. The predicted octanol–water partition coefficient (Wildman–Crippen LogP) is 2.71. The van der Waals surface area contributed by atoms with E-state index in [1.165, 1.54) is 12.1 Å². The lowest BCUT2D eigenvalue weighted by Crippen LogP contribution is -2.40. The number of nitrogens with two attached hydrogens (primary N) is 1. The van der Waals surface area contributed by atoms with Crippen LogP contribution in [0.4, 0.5) is 4.39 Å². The second kappa shape index (κ2) is 6.84. The van der Waals surface area contributed by atoms with Gasteiger partial charge >= 0.3 is 0 Å². The maximum absolute atomic E-state index is 13.2. The number of rotatable bonds is 4. The van der Waals surface area contributed by atoms with Gasteiger partial charge in [0, 0.05) is 18.5 Å². The fraction of sp³-hybridized carbons (Fsp3) is 0.562. The molecule has 1 aromatic carbocycles. The minimum atomic E-state index is -0.254. The fourth-order valence-electron chi connectivity index (χ4n) is 2.76. The average molecular weight is 278 g/mol. The van der Waals surface area contributed by atoms with Crippen molar-refractivity contribution in [2.75, 3.05) is 0 Å². The van der Waals surface area contributed by atoms with E-state index in [0.717, 1.165) is 31.2 Å². The molecule has 3 N–H and O–H groups in total. The quantitative estimate of drug-likeness (QED) is 0.889. The molecule has 3 nitrogen and oxygen atoms in total. The molecule has 0 aliphatic heterocycles. The van der Waals surface area contributed by atoms with Crippen LogP contribution in [-0.4, -0.2) is 18.0 Å². The molecule has 0 aromatic heterocycles. The van der Waals surface area contributed by atoms with Gasteiger partial charge in [-0.05, 0) is 49.3 Å². The first kappa shape index (κ1) is 15.0. The van der Waals surface area contributed by atoms with Crippen molar-refractivity contribution in [3.8, 4) is 0 Å². The lowest BCUT2D eigenvalue weighted by atomic mass is 9.91. The van der Waals surface area contributed by atoms with Crippen LogP contribution in [0.15, 0.2) is 24.3 Å². The topological polar surface area (TPSA) is 55.1 Å². The van der Waals surface area contributed by atoms with Gasteiger partial charge < -0.3 is 11.1 Å². The number of halogens is 1. The van der Waals surface area contributed by atoms with Crippen LogP contribution in [0.25, 0.3) is 0 Å². The molecule has 1 atom stereocenters. The van der Waals surface area contributed by atoms with Gasteiger partial charge in [-0.25, -0.2) is 4.39 Å². The van der Waals surface area contributed by atoms with Gasteiger partial charge in [0.2, 0.25) is 5.91 Å². The van der Waals surface area contributed by atoms with Crippen LogP contribution in [0.5, 0.6) is 0 Å². The van der Waals surface area contributed by atoms with Crippen LogP contribution in [-0.2, 0) is 4.79 Å². The Hall–Kier alpha value is -1.42. The largest absolute Gasteiger partial charge is 0.353 e. The summed E-state index contributed by atoms with van der Waals surface area (Å²) in [6, 6.07) is 7.00. The Morgan fingerprint density at radius 1 is 1.40 bits per heavy atom. The molecule has 110 valence electrons. The Bertz CT molecular complexity index is 456. The summed E-state index contributed by atoms with van der Waals surface area (Å²) in [7, 11) is 0. The molecular formula is C16H23FN2O. The van der Waals surface area contributed by atoms with Gasteiger partial charge in [0.05, 0.1) is 0 Å². The number of hydrogen-bond donors (Lipinski definition) is 2. The molecule has 2 rings (SSSR count). The SMILES string of the molecule is CC(CC(=O)NC1CCC(N)CC1)c1cccc(F)c1. The van der Waals surface area contributed by atoms with Gasteiger partial charge in [-0.2, -0.15) is 0 Å². The zero-order valence-corrected chi connectivity index (χ0v) is 11.9. The van der Waals surface area contributed by atoms with Gasteiger partial charge in [0.15, 0.2) is 0 Å². The molecule has 0 bridgehead atoms. The number of nitrogens with one attached hydrogen (secondary N) is 1. The lowest BCUT2D eigenvalue weighted by Gasteiger charge is -2.27. The minimum Gasteiger partial charge on any atom is -0.353 e. The maximum atomic E-state index is 13.2. The molecule has 4 heteroatoms. The van der Waals surface area contributed by atoms with Gasteiger partial charge in [-0.1, -0.05) is 19.1 Å². The Labute approximate surface area is 119 Å². The van der Waals surface area contributed by atoms with Crippen molar-refractivity contribution in [1.82, 2.24) is 5.32 Å². The third kappa shape index (κ3) is 4.30. The third-order valence-corrected chi connectivity index (χ3v) is 4.05. The monoisotopic (exact) mass is 278 g/mol. The Morgan fingerprint density at radius 3 is 2.75 bits per heavy atom. The predicted molar refractivity (Wildman–Crippen MR) is 77.8 cm³/mol. The van der Waals surface area contributed by atoms with E-state index in [1.807, 2.05) is 13.0 Å². The van der Waals surface area contributed by atoms with Crippen molar-refractivity contribution in [2.45, 2.75) is 57.0 Å². The summed E-state index contributed by atoms with van der Waals surface area (Å²) in [4.78, 5) is 12.0. The van der Waals surface area contributed by atoms with E-state index in [9.17, 15) is 9.18 Å². The van der Waals surface area contributed by atoms with Crippen LogP contribution < -0.4 is 11.1 Å². The summed E-state index contributed by atoms with van der Waals surface area (Å²) >= 11 is 0. The molecule has 20 heavy (non-hydrogen) atoms. The summed E-state index contributed by atoms with van der Waals surface area (Å²) in [5, 5.41) is 3.07.